The Morgan fingerprint density at radius 2 is 1.02 bits per heavy atom. The highest BCUT2D eigenvalue weighted by Crippen LogP contribution is 2.27. The molecule has 304 valence electrons. The van der Waals surface area contributed by atoms with Crippen LogP contribution in [-0.4, -0.2) is 31.8 Å². The Balaban J connectivity index is 0.000000183. The summed E-state index contributed by atoms with van der Waals surface area (Å²) in [5.41, 5.74) is 7.50. The lowest BCUT2D eigenvalue weighted by Gasteiger charge is -2.20. The number of rotatable bonds is 10. The highest BCUT2D eigenvalue weighted by atomic mass is 35.5. The van der Waals surface area contributed by atoms with Crippen LogP contribution in [-0.2, 0) is 30.7 Å². The third kappa shape index (κ3) is 10.3. The van der Waals surface area contributed by atoms with E-state index in [0.717, 1.165) is 48.3 Å². The van der Waals surface area contributed by atoms with E-state index in [1.807, 2.05) is 124 Å². The number of benzene rings is 6. The van der Waals surface area contributed by atoms with Crippen molar-refractivity contribution in [3.63, 3.8) is 0 Å². The van der Waals surface area contributed by atoms with Crippen LogP contribution in [0.2, 0.25) is 10.0 Å². The molecule has 8 nitrogen and oxygen atoms in total. The minimum Gasteiger partial charge on any atom is -0.478 e. The van der Waals surface area contributed by atoms with Crippen LogP contribution < -0.4 is 9.75 Å². The van der Waals surface area contributed by atoms with Crippen LogP contribution in [0.15, 0.2) is 143 Å². The van der Waals surface area contributed by atoms with Crippen molar-refractivity contribution in [1.82, 2.24) is 9.13 Å². The first-order valence-electron chi connectivity index (χ1n) is 19.1. The van der Waals surface area contributed by atoms with Crippen molar-refractivity contribution in [3.8, 4) is 0 Å². The minimum atomic E-state index is -1.00. The van der Waals surface area contributed by atoms with Gasteiger partial charge < -0.3 is 9.84 Å². The summed E-state index contributed by atoms with van der Waals surface area (Å²) in [7, 11) is 0. The molecule has 0 bridgehead atoms. The maximum absolute atomic E-state index is 12.7. The summed E-state index contributed by atoms with van der Waals surface area (Å²) in [5, 5.41) is 10.3. The number of aromatic nitrogens is 2. The summed E-state index contributed by atoms with van der Waals surface area (Å²) in [6.45, 7) is 6.58. The Morgan fingerprint density at radius 1 is 0.583 bits per heavy atom. The molecule has 0 atom stereocenters. The fourth-order valence-electron chi connectivity index (χ4n) is 6.84. The molecule has 0 radical (unpaired) electrons. The molecule has 1 N–H and O–H groups in total. The molecular formula is C48H40Cl2N2O6S2. The molecular weight excluding hydrogens is 836 g/mol. The average molecular weight is 876 g/mol. The number of carboxylic acids is 1. The van der Waals surface area contributed by atoms with Crippen molar-refractivity contribution in [2.75, 3.05) is 0 Å². The number of carbonyl (C=O) groups is 2. The third-order valence-corrected chi connectivity index (χ3v) is 12.0. The van der Waals surface area contributed by atoms with Crippen molar-refractivity contribution in [3.05, 3.63) is 207 Å². The summed E-state index contributed by atoms with van der Waals surface area (Å²) < 4.78 is 10.9. The first-order chi connectivity index (χ1) is 28.7. The van der Waals surface area contributed by atoms with E-state index in [-0.39, 0.29) is 15.3 Å². The van der Waals surface area contributed by atoms with E-state index in [1.54, 1.807) is 33.4 Å². The number of halogens is 2. The highest BCUT2D eigenvalue weighted by molar-refractivity contribution is 7.16. The fraction of sp³-hybridized carbons (Fsp3) is 0.167. The van der Waals surface area contributed by atoms with E-state index in [2.05, 4.69) is 0 Å². The van der Waals surface area contributed by atoms with Crippen LogP contribution in [0.4, 0.5) is 0 Å². The Kier molecular flexibility index (Phi) is 12.9. The first-order valence-corrected chi connectivity index (χ1v) is 21.5. The molecule has 0 aliphatic carbocycles. The maximum atomic E-state index is 12.7. The number of carboxylic acid groups (broad SMARTS) is 1. The average Bonchev–Trinajstić information content (AvgIpc) is 3.69. The SMILES string of the molecule is CC(C)(C)OC(=O)c1cc(Cl)ccc1Cc1ccc2c(c1)sc(=O)n2Cc1ccccc1.O=C(O)c1cc(Cl)ccc1Cc1ccc2c(c1)sc(=O)n2Cc1ccccc1. The largest absolute Gasteiger partial charge is 0.478 e. The summed E-state index contributed by atoms with van der Waals surface area (Å²) in [6.07, 6.45) is 0.992. The van der Waals surface area contributed by atoms with Crippen LogP contribution in [0, 0.1) is 0 Å². The number of thiazole rings is 2. The molecule has 60 heavy (non-hydrogen) atoms. The Morgan fingerprint density at radius 3 is 1.45 bits per heavy atom. The number of fused-ring (bicyclic) bond motifs is 2. The number of hydrogen-bond acceptors (Lipinski definition) is 7. The first kappa shape index (κ1) is 42.3. The molecule has 0 saturated heterocycles. The zero-order chi connectivity index (χ0) is 42.6. The van der Waals surface area contributed by atoms with Gasteiger partial charge in [0.2, 0.25) is 0 Å². The normalized spacial score (nSPS) is 11.3. The van der Waals surface area contributed by atoms with E-state index < -0.39 is 17.5 Å². The maximum Gasteiger partial charge on any atom is 0.338 e. The number of nitrogens with zero attached hydrogens (tertiary/aromatic N) is 2. The van der Waals surface area contributed by atoms with Gasteiger partial charge >= 0.3 is 21.7 Å². The summed E-state index contributed by atoms with van der Waals surface area (Å²) >= 11 is 14.5. The van der Waals surface area contributed by atoms with Gasteiger partial charge in [-0.05, 0) is 116 Å². The molecule has 0 unspecified atom stereocenters. The second kappa shape index (κ2) is 18.2. The van der Waals surface area contributed by atoms with Gasteiger partial charge in [-0.25, -0.2) is 9.59 Å². The monoisotopic (exact) mass is 874 g/mol. The van der Waals surface area contributed by atoms with E-state index in [9.17, 15) is 24.3 Å². The second-order valence-corrected chi connectivity index (χ2v) is 18.1. The lowest BCUT2D eigenvalue weighted by atomic mass is 9.99. The van der Waals surface area contributed by atoms with Crippen LogP contribution in [0.3, 0.4) is 0 Å². The number of ether oxygens (including phenoxy) is 1. The number of hydrogen-bond donors (Lipinski definition) is 1. The standard InChI is InChI=1S/C26H24ClNO3S.C22H16ClNO3S/c1-26(2,3)31-24(29)21-15-20(27)11-10-19(21)13-18-9-12-22-23(14-18)32-25(30)28(22)16-17-7-5-4-6-8-17;23-17-8-7-16(18(12-17)21(25)26)10-15-6-9-19-20(11-15)28-22(27)24(19)13-14-4-2-1-3-5-14/h4-12,14-15H,13,16H2,1-3H3;1-9,11-12H,10,13H2,(H,25,26). The van der Waals surface area contributed by atoms with Gasteiger partial charge in [0, 0.05) is 10.0 Å². The third-order valence-electron chi connectivity index (χ3n) is 9.61. The van der Waals surface area contributed by atoms with E-state index in [0.29, 0.717) is 47.1 Å². The van der Waals surface area contributed by atoms with Crippen molar-refractivity contribution >= 4 is 78.2 Å². The van der Waals surface area contributed by atoms with Crippen molar-refractivity contribution in [2.24, 2.45) is 0 Å². The van der Waals surface area contributed by atoms with Crippen LogP contribution >= 0.6 is 45.9 Å². The molecule has 0 spiro atoms. The van der Waals surface area contributed by atoms with Gasteiger partial charge in [-0.15, -0.1) is 0 Å². The van der Waals surface area contributed by atoms with Gasteiger partial charge in [0.25, 0.3) is 0 Å². The lowest BCUT2D eigenvalue weighted by Crippen LogP contribution is -2.24. The molecule has 0 fully saturated rings. The smallest absolute Gasteiger partial charge is 0.338 e. The molecule has 0 saturated carbocycles. The molecule has 8 rings (SSSR count). The summed E-state index contributed by atoms with van der Waals surface area (Å²) in [5.74, 6) is -1.40. The van der Waals surface area contributed by atoms with Gasteiger partial charge in [-0.2, -0.15) is 0 Å². The van der Waals surface area contributed by atoms with Gasteiger partial charge in [0.05, 0.1) is 44.6 Å². The molecule has 12 heteroatoms. The quantitative estimate of drug-likeness (QED) is 0.137. The predicted octanol–water partition coefficient (Wildman–Crippen LogP) is 11.4. The van der Waals surface area contributed by atoms with Crippen molar-refractivity contribution < 1.29 is 19.4 Å². The number of aromatic carboxylic acids is 1. The molecule has 8 aromatic rings. The van der Waals surface area contributed by atoms with Gasteiger partial charge in [0.1, 0.15) is 5.60 Å². The fourth-order valence-corrected chi connectivity index (χ4v) is 9.09. The van der Waals surface area contributed by atoms with Crippen molar-refractivity contribution in [2.45, 2.75) is 52.3 Å². The van der Waals surface area contributed by atoms with Crippen molar-refractivity contribution in [1.29, 1.82) is 0 Å². The topological polar surface area (TPSA) is 108 Å². The highest BCUT2D eigenvalue weighted by Gasteiger charge is 2.21. The molecule has 0 aliphatic rings. The van der Waals surface area contributed by atoms with Crippen LogP contribution in [0.25, 0.3) is 20.4 Å². The van der Waals surface area contributed by atoms with E-state index >= 15 is 0 Å². The number of carbonyl (C=O) groups excluding carboxylic acids is 1. The summed E-state index contributed by atoms with van der Waals surface area (Å²) in [6, 6.07) is 41.8. The summed E-state index contributed by atoms with van der Waals surface area (Å²) in [4.78, 5) is 49.4. The molecule has 2 aromatic heterocycles. The Bertz CT molecular complexity index is 2960. The lowest BCUT2D eigenvalue weighted by molar-refractivity contribution is 0.00682. The van der Waals surface area contributed by atoms with Gasteiger partial charge in [-0.1, -0.05) is 131 Å². The molecule has 6 aromatic carbocycles. The predicted molar refractivity (Wildman–Crippen MR) is 244 cm³/mol. The van der Waals surface area contributed by atoms with E-state index in [1.165, 1.54) is 28.7 Å². The van der Waals surface area contributed by atoms with Gasteiger partial charge in [0.15, 0.2) is 0 Å². The molecule has 0 amide bonds. The van der Waals surface area contributed by atoms with Crippen LogP contribution in [0.1, 0.15) is 74.9 Å². The van der Waals surface area contributed by atoms with E-state index in [4.69, 9.17) is 27.9 Å². The Hall–Kier alpha value is -5.78. The number of esters is 1. The Labute approximate surface area is 364 Å². The minimum absolute atomic E-state index is 0.00581. The molecule has 2 heterocycles. The molecule has 0 aliphatic heterocycles. The second-order valence-electron chi connectivity index (χ2n) is 15.2. The zero-order valence-electron chi connectivity index (χ0n) is 33.0. The zero-order valence-corrected chi connectivity index (χ0v) is 36.1. The van der Waals surface area contributed by atoms with Crippen LogP contribution in [0.5, 0.6) is 0 Å². The van der Waals surface area contributed by atoms with Gasteiger partial charge in [-0.3, -0.25) is 18.7 Å².